The van der Waals surface area contributed by atoms with Gasteiger partial charge in [-0.05, 0) is 84.5 Å². The van der Waals surface area contributed by atoms with Gasteiger partial charge in [-0.1, -0.05) is 31.2 Å². The van der Waals surface area contributed by atoms with Crippen LogP contribution in [-0.2, 0) is 0 Å². The third-order valence-corrected chi connectivity index (χ3v) is 19.1. The van der Waals surface area contributed by atoms with E-state index in [2.05, 4.69) is 47.1 Å². The number of rotatable bonds is 22. The summed E-state index contributed by atoms with van der Waals surface area (Å²) >= 11 is 0.700. The molecule has 0 aromatic heterocycles. The van der Waals surface area contributed by atoms with Crippen molar-refractivity contribution in [1.29, 1.82) is 4.35 Å². The third kappa shape index (κ3) is 41.1. The van der Waals surface area contributed by atoms with Crippen LogP contribution in [0, 0.1) is 10.3 Å². The topological polar surface area (TPSA) is 23.9 Å². The molecule has 0 amide bonds. The van der Waals surface area contributed by atoms with Crippen LogP contribution < -0.4 is 0 Å². The summed E-state index contributed by atoms with van der Waals surface area (Å²) in [6.45, 7) is 23.2. The van der Waals surface area contributed by atoms with Gasteiger partial charge in [-0.15, -0.1) is 26.3 Å². The third-order valence-electron chi connectivity index (χ3n) is 8.62. The molecule has 0 aliphatic heterocycles. The summed E-state index contributed by atoms with van der Waals surface area (Å²) in [5.74, 6) is -0.287. The Balaban J connectivity index is -0.000000117. The summed E-state index contributed by atoms with van der Waals surface area (Å²) in [4.78, 5) is 0. The molecule has 0 aliphatic rings. The number of allylic oxidation sites excluding steroid dienone is 4. The van der Waals surface area contributed by atoms with Crippen molar-refractivity contribution in [1.82, 2.24) is 0 Å². The predicted molar refractivity (Wildman–Crippen MR) is 225 cm³/mol. The van der Waals surface area contributed by atoms with Gasteiger partial charge in [-0.25, -0.2) is 13.2 Å². The SMILES string of the molecule is C=CCCC(C)CC(C)(F)C(F)(F)F.C=CCCC=C.C=CCCCCC(C)(F)C(F)(F)F.CC(F)(C(F)(F)F)C(F)(F)F.CCC[CH2][SnH]([CH2]CCC)[CH2]CCC.[B].[NH]=[Al]. The molecule has 0 aromatic rings. The molecule has 0 saturated heterocycles. The summed E-state index contributed by atoms with van der Waals surface area (Å²) in [7, 11) is 0. The second-order valence-electron chi connectivity index (χ2n) is 14.5. The van der Waals surface area contributed by atoms with Crippen LogP contribution in [0.2, 0.25) is 13.3 Å². The first kappa shape index (κ1) is 73.5. The molecule has 0 spiro atoms. The fourth-order valence-electron chi connectivity index (χ4n) is 4.47. The zero-order valence-electron chi connectivity index (χ0n) is 36.8. The zero-order valence-corrected chi connectivity index (χ0v) is 41.3. The van der Waals surface area contributed by atoms with Gasteiger partial charge in [0.15, 0.2) is 0 Å². The van der Waals surface area contributed by atoms with Crippen molar-refractivity contribution < 1.29 is 65.9 Å². The molecule has 0 bridgehead atoms. The van der Waals surface area contributed by atoms with Crippen LogP contribution in [0.4, 0.5) is 65.9 Å². The van der Waals surface area contributed by atoms with Crippen molar-refractivity contribution in [2.75, 3.05) is 0 Å². The molecule has 1 N–H and O–H groups in total. The van der Waals surface area contributed by atoms with Gasteiger partial charge < -0.3 is 0 Å². The van der Waals surface area contributed by atoms with Gasteiger partial charge in [0.2, 0.25) is 11.3 Å². The van der Waals surface area contributed by atoms with E-state index in [0.29, 0.717) is 39.5 Å². The maximum atomic E-state index is 13.1. The Morgan fingerprint density at radius 1 is 0.500 bits per heavy atom. The Morgan fingerprint density at radius 2 is 0.817 bits per heavy atom. The average molecular weight is 1020 g/mol. The van der Waals surface area contributed by atoms with Gasteiger partial charge in [0, 0.05) is 8.41 Å². The number of hydrogen-bond acceptors (Lipinski definition) is 1. The molecule has 3 unspecified atom stereocenters. The Bertz CT molecular complexity index is 971. The van der Waals surface area contributed by atoms with E-state index in [4.69, 9.17) is 4.35 Å². The standard InChI is InChI=1S/C10H16F4.C9H14F4.C6H10.C4H3F7.3C4H9.Al.B.HN.Sn.H/c1-4-5-6-8(2)7-9(3,11)10(12,13)14;1-3-4-5-6-7-8(2,10)9(11,12)13;1-3-5-6-4-2;1-2(5,3(6,7)8)4(9,10)11;3*1-3-4-2;;;;;/h4,8H,1,5-7H2,2-3H3;3H,1,4-7H2,2H3;3-4H,1-2,5-6H2;1H3;3*1,3-4H2,2H3;;;1H;;. The van der Waals surface area contributed by atoms with Crippen LogP contribution in [0.1, 0.15) is 145 Å². The van der Waals surface area contributed by atoms with Crippen molar-refractivity contribution in [3.8, 4) is 0 Å². The fourth-order valence-corrected chi connectivity index (χ4v) is 15.4. The molecule has 60 heavy (non-hydrogen) atoms. The number of unbranched alkanes of at least 4 members (excludes halogenated alkanes) is 6. The summed E-state index contributed by atoms with van der Waals surface area (Å²) < 4.78 is 188. The summed E-state index contributed by atoms with van der Waals surface area (Å²) in [5.41, 5.74) is -11.2. The van der Waals surface area contributed by atoms with E-state index in [1.165, 1.54) is 38.5 Å². The van der Waals surface area contributed by atoms with E-state index in [1.54, 1.807) is 48.5 Å². The monoisotopic (exact) mass is 1020 g/mol. The van der Waals surface area contributed by atoms with Gasteiger partial charge in [0.1, 0.15) is 0 Å². The van der Waals surface area contributed by atoms with Gasteiger partial charge in [0.05, 0.1) is 0 Å². The van der Waals surface area contributed by atoms with Crippen molar-refractivity contribution in [2.45, 2.75) is 200 Å². The molecule has 0 aromatic carbocycles. The normalized spacial score (nSPS) is 14.0. The van der Waals surface area contributed by atoms with Crippen LogP contribution in [0.15, 0.2) is 50.6 Å². The van der Waals surface area contributed by atoms with Crippen LogP contribution in [0.5, 0.6) is 0 Å². The molecule has 0 fully saturated rings. The van der Waals surface area contributed by atoms with E-state index in [-0.39, 0.29) is 20.8 Å². The molecule has 356 valence electrons. The number of hydrogen-bond donors (Lipinski definition) is 1. The molecule has 4 radical (unpaired) electrons. The van der Waals surface area contributed by atoms with Crippen LogP contribution in [0.25, 0.3) is 0 Å². The predicted octanol–water partition coefficient (Wildman–Crippen LogP) is 17.4. The van der Waals surface area contributed by atoms with Crippen molar-refractivity contribution in [3.05, 3.63) is 50.6 Å². The van der Waals surface area contributed by atoms with E-state index in [9.17, 15) is 65.9 Å². The average Bonchev–Trinajstić information content (AvgIpc) is 3.11. The molecule has 1 nitrogen and oxygen atoms in total. The molecule has 19 heteroatoms. The first-order chi connectivity index (χ1) is 26.8. The van der Waals surface area contributed by atoms with E-state index in [1.807, 2.05) is 12.2 Å². The molecular formula is C41H72AlBF15NSn. The first-order valence-electron chi connectivity index (χ1n) is 19.8. The molecule has 0 heterocycles. The van der Waals surface area contributed by atoms with Crippen molar-refractivity contribution >= 4 is 44.3 Å². The van der Waals surface area contributed by atoms with Crippen LogP contribution in [-0.4, -0.2) is 86.0 Å². The quantitative estimate of drug-likeness (QED) is 0.0484. The summed E-state index contributed by atoms with van der Waals surface area (Å²) in [5, 5.41) is 0. The number of alkyl halides is 15. The van der Waals surface area contributed by atoms with Crippen LogP contribution in [0.3, 0.4) is 0 Å². The molecule has 0 saturated carbocycles. The molecule has 3 atom stereocenters. The van der Waals surface area contributed by atoms with E-state index < -0.39 is 81.2 Å². The summed E-state index contributed by atoms with van der Waals surface area (Å²) in [6.07, 6.45) is -1.69. The van der Waals surface area contributed by atoms with Gasteiger partial charge in [-0.2, -0.15) is 52.7 Å². The first-order valence-corrected chi connectivity index (χ1v) is 27.4. The maximum absolute atomic E-state index is 13.1. The number of halogens is 15. The minimum atomic E-state index is -5.91. The zero-order chi connectivity index (χ0) is 48.2. The Kier molecular flexibility index (Phi) is 48.6. The fraction of sp³-hybridized carbons (Fsp3) is 0.805. The summed E-state index contributed by atoms with van der Waals surface area (Å²) in [6, 6.07) is 0. The van der Waals surface area contributed by atoms with Crippen LogP contribution >= 0.6 is 0 Å². The van der Waals surface area contributed by atoms with Crippen molar-refractivity contribution in [2.24, 2.45) is 5.92 Å². The van der Waals surface area contributed by atoms with E-state index in [0.717, 1.165) is 12.8 Å². The van der Waals surface area contributed by atoms with E-state index >= 15 is 0 Å². The van der Waals surface area contributed by atoms with Gasteiger partial charge in [0.25, 0.3) is 5.67 Å². The minimum absolute atomic E-state index is 0. The van der Waals surface area contributed by atoms with Crippen molar-refractivity contribution in [3.63, 3.8) is 0 Å². The Labute approximate surface area is 369 Å². The number of nitrogens with one attached hydrogen (secondary N) is 1. The Hall–Kier alpha value is -0.894. The van der Waals surface area contributed by atoms with Gasteiger partial charge >= 0.3 is 138 Å². The second kappa shape index (κ2) is 39.7. The molecule has 0 aliphatic carbocycles. The molecule has 0 rings (SSSR count). The molecular weight excluding hydrogens is 948 g/mol. The Morgan fingerprint density at radius 3 is 1.05 bits per heavy atom. The second-order valence-corrected chi connectivity index (χ2v) is 24.4. The van der Waals surface area contributed by atoms with Gasteiger partial charge in [-0.3, -0.25) is 0 Å².